The summed E-state index contributed by atoms with van der Waals surface area (Å²) >= 11 is 1.62. The average Bonchev–Trinajstić information content (AvgIpc) is 3.36. The highest BCUT2D eigenvalue weighted by Gasteiger charge is 2.47. The molecule has 0 saturated carbocycles. The molecule has 1 aliphatic rings. The van der Waals surface area contributed by atoms with Gasteiger partial charge in [0.15, 0.2) is 0 Å². The van der Waals surface area contributed by atoms with E-state index < -0.39 is 12.0 Å². The predicted octanol–water partition coefficient (Wildman–Crippen LogP) is 4.79. The Morgan fingerprint density at radius 1 is 1.11 bits per heavy atom. The van der Waals surface area contributed by atoms with Crippen LogP contribution in [-0.4, -0.2) is 25.0 Å². The van der Waals surface area contributed by atoms with Gasteiger partial charge in [0.25, 0.3) is 0 Å². The van der Waals surface area contributed by atoms with Gasteiger partial charge in [0.2, 0.25) is 5.91 Å². The minimum atomic E-state index is -0.679. The summed E-state index contributed by atoms with van der Waals surface area (Å²) in [4.78, 5) is 28.6. The van der Waals surface area contributed by atoms with Crippen LogP contribution in [0.1, 0.15) is 23.5 Å². The van der Waals surface area contributed by atoms with Crippen LogP contribution in [0.4, 0.5) is 5.69 Å². The van der Waals surface area contributed by atoms with E-state index in [1.165, 1.54) is 7.11 Å². The van der Waals surface area contributed by atoms with Crippen LogP contribution in [0.2, 0.25) is 0 Å². The largest absolute Gasteiger partial charge is 0.467 e. The molecule has 0 unspecified atom stereocenters. The number of nitrogens with zero attached hydrogens (tertiary/aromatic N) is 1. The van der Waals surface area contributed by atoms with Crippen molar-refractivity contribution in [3.63, 3.8) is 0 Å². The van der Waals surface area contributed by atoms with E-state index in [2.05, 4.69) is 6.07 Å². The molecule has 2 aromatic carbocycles. The minimum absolute atomic E-state index is 0.0640. The standard InChI is InChI=1S/C23H21NO3S/c1-15-10-11-19(18(13-15)20-9-6-12-28-20)24-21(25)14-17(22(24)23(26)27-2)16-7-4-3-5-8-16/h3-13,17,22H,14H2,1-2H3/t17-,22+/m1/s1. The first kappa shape index (κ1) is 18.4. The molecule has 0 aliphatic carbocycles. The second-order valence-corrected chi connectivity index (χ2v) is 7.90. The molecule has 0 N–H and O–H groups in total. The summed E-state index contributed by atoms with van der Waals surface area (Å²) in [5, 5.41) is 2.01. The molecule has 1 amide bonds. The number of hydrogen-bond donors (Lipinski definition) is 0. The van der Waals surface area contributed by atoms with Gasteiger partial charge in [-0.15, -0.1) is 11.3 Å². The number of aryl methyl sites for hydroxylation is 1. The lowest BCUT2D eigenvalue weighted by atomic mass is 9.91. The molecule has 2 heterocycles. The van der Waals surface area contributed by atoms with Crippen LogP contribution in [0.5, 0.6) is 0 Å². The Bertz CT molecular complexity index is 998. The van der Waals surface area contributed by atoms with Gasteiger partial charge in [-0.25, -0.2) is 4.79 Å². The second-order valence-electron chi connectivity index (χ2n) is 6.95. The number of methoxy groups -OCH3 is 1. The first-order chi connectivity index (χ1) is 13.6. The van der Waals surface area contributed by atoms with Crippen molar-refractivity contribution in [2.24, 2.45) is 0 Å². The van der Waals surface area contributed by atoms with E-state index in [9.17, 15) is 9.59 Å². The Kier molecular flexibility index (Phi) is 5.01. The number of amides is 1. The van der Waals surface area contributed by atoms with Gasteiger partial charge in [0.05, 0.1) is 12.8 Å². The van der Waals surface area contributed by atoms with Crippen LogP contribution in [-0.2, 0) is 14.3 Å². The van der Waals surface area contributed by atoms with Crippen molar-refractivity contribution >= 4 is 28.9 Å². The maximum Gasteiger partial charge on any atom is 0.329 e. The molecular weight excluding hydrogens is 370 g/mol. The van der Waals surface area contributed by atoms with E-state index in [4.69, 9.17) is 4.74 Å². The van der Waals surface area contributed by atoms with Crippen LogP contribution >= 0.6 is 11.3 Å². The number of ether oxygens (including phenoxy) is 1. The van der Waals surface area contributed by atoms with Gasteiger partial charge < -0.3 is 4.74 Å². The fraction of sp³-hybridized carbons (Fsp3) is 0.217. The molecule has 3 aromatic rings. The van der Waals surface area contributed by atoms with Crippen molar-refractivity contribution in [2.45, 2.75) is 25.3 Å². The van der Waals surface area contributed by atoms with Crippen LogP contribution < -0.4 is 4.90 Å². The average molecular weight is 391 g/mol. The number of carbonyl (C=O) groups is 2. The Hall–Kier alpha value is -2.92. The molecule has 0 radical (unpaired) electrons. The van der Waals surface area contributed by atoms with Crippen LogP contribution in [0, 0.1) is 6.92 Å². The molecular formula is C23H21NO3S. The molecule has 28 heavy (non-hydrogen) atoms. The third-order valence-corrected chi connectivity index (χ3v) is 6.09. The normalized spacial score (nSPS) is 19.1. The number of esters is 1. The molecule has 4 nitrogen and oxygen atoms in total. The Morgan fingerprint density at radius 3 is 2.57 bits per heavy atom. The maximum absolute atomic E-state index is 13.1. The van der Waals surface area contributed by atoms with Gasteiger partial charge in [0, 0.05) is 22.8 Å². The molecule has 2 atom stereocenters. The molecule has 1 fully saturated rings. The zero-order valence-electron chi connectivity index (χ0n) is 15.8. The number of hydrogen-bond acceptors (Lipinski definition) is 4. The molecule has 1 aliphatic heterocycles. The van der Waals surface area contributed by atoms with Crippen molar-refractivity contribution in [3.05, 3.63) is 77.2 Å². The van der Waals surface area contributed by atoms with E-state index >= 15 is 0 Å². The summed E-state index contributed by atoms with van der Waals surface area (Å²) in [5.74, 6) is -0.693. The van der Waals surface area contributed by atoms with E-state index in [0.717, 1.165) is 27.3 Å². The summed E-state index contributed by atoms with van der Waals surface area (Å²) in [6, 6.07) is 19.0. The van der Waals surface area contributed by atoms with Gasteiger partial charge in [-0.05, 0) is 36.1 Å². The lowest BCUT2D eigenvalue weighted by Crippen LogP contribution is -2.42. The van der Waals surface area contributed by atoms with Crippen LogP contribution in [0.3, 0.4) is 0 Å². The maximum atomic E-state index is 13.1. The molecule has 142 valence electrons. The van der Waals surface area contributed by atoms with Crippen LogP contribution in [0.15, 0.2) is 66.0 Å². The summed E-state index contributed by atoms with van der Waals surface area (Å²) in [5.41, 5.74) is 3.80. The molecule has 4 rings (SSSR count). The van der Waals surface area contributed by atoms with Crippen molar-refractivity contribution in [1.82, 2.24) is 0 Å². The highest BCUT2D eigenvalue weighted by atomic mass is 32.1. The fourth-order valence-electron chi connectivity index (χ4n) is 3.90. The molecule has 0 bridgehead atoms. The van der Waals surface area contributed by atoms with Crippen molar-refractivity contribution in [3.8, 4) is 10.4 Å². The summed E-state index contributed by atoms with van der Waals surface area (Å²) in [7, 11) is 1.38. The SMILES string of the molecule is COC(=O)[C@@H]1[C@@H](c2ccccc2)CC(=O)N1c1ccc(C)cc1-c1cccs1. The van der Waals surface area contributed by atoms with Crippen LogP contribution in [0.25, 0.3) is 10.4 Å². The first-order valence-electron chi connectivity index (χ1n) is 9.19. The smallest absolute Gasteiger partial charge is 0.329 e. The van der Waals surface area contributed by atoms with E-state index in [1.807, 2.05) is 66.9 Å². The second kappa shape index (κ2) is 7.60. The third kappa shape index (κ3) is 3.22. The zero-order chi connectivity index (χ0) is 19.7. The number of benzene rings is 2. The Labute approximate surface area is 168 Å². The number of rotatable bonds is 4. The monoisotopic (exact) mass is 391 g/mol. The number of thiophene rings is 1. The molecule has 1 aromatic heterocycles. The lowest BCUT2D eigenvalue weighted by Gasteiger charge is -2.28. The van der Waals surface area contributed by atoms with Gasteiger partial charge >= 0.3 is 5.97 Å². The number of anilines is 1. The summed E-state index contributed by atoms with van der Waals surface area (Å²) < 4.78 is 5.11. The Morgan fingerprint density at radius 2 is 1.89 bits per heavy atom. The zero-order valence-corrected chi connectivity index (χ0v) is 16.6. The topological polar surface area (TPSA) is 46.6 Å². The third-order valence-electron chi connectivity index (χ3n) is 5.19. The van der Waals surface area contributed by atoms with E-state index in [-0.39, 0.29) is 18.2 Å². The van der Waals surface area contributed by atoms with E-state index in [1.54, 1.807) is 16.2 Å². The molecule has 5 heteroatoms. The lowest BCUT2D eigenvalue weighted by molar-refractivity contribution is -0.142. The van der Waals surface area contributed by atoms with Crippen molar-refractivity contribution in [2.75, 3.05) is 12.0 Å². The molecule has 1 saturated heterocycles. The van der Waals surface area contributed by atoms with Gasteiger partial charge in [0.1, 0.15) is 6.04 Å². The fourth-order valence-corrected chi connectivity index (χ4v) is 4.65. The van der Waals surface area contributed by atoms with Crippen molar-refractivity contribution < 1.29 is 14.3 Å². The summed E-state index contributed by atoms with van der Waals surface area (Å²) in [6.45, 7) is 2.03. The first-order valence-corrected chi connectivity index (χ1v) is 10.1. The summed E-state index contributed by atoms with van der Waals surface area (Å²) in [6.07, 6.45) is 0.279. The predicted molar refractivity (Wildman–Crippen MR) is 112 cm³/mol. The molecule has 0 spiro atoms. The quantitative estimate of drug-likeness (QED) is 0.601. The Balaban J connectivity index is 1.85. The van der Waals surface area contributed by atoms with Gasteiger partial charge in [-0.2, -0.15) is 0 Å². The number of carbonyl (C=O) groups excluding carboxylic acids is 2. The highest BCUT2D eigenvalue weighted by molar-refractivity contribution is 7.13. The van der Waals surface area contributed by atoms with Crippen molar-refractivity contribution in [1.29, 1.82) is 0 Å². The highest BCUT2D eigenvalue weighted by Crippen LogP contribution is 2.43. The van der Waals surface area contributed by atoms with E-state index in [0.29, 0.717) is 0 Å². The van der Waals surface area contributed by atoms with Gasteiger partial charge in [-0.1, -0.05) is 48.0 Å². The van der Waals surface area contributed by atoms with Gasteiger partial charge in [-0.3, -0.25) is 9.69 Å². The minimum Gasteiger partial charge on any atom is -0.467 e.